The van der Waals surface area contributed by atoms with Gasteiger partial charge in [0, 0.05) is 12.1 Å². The van der Waals surface area contributed by atoms with Crippen LogP contribution in [-0.2, 0) is 11.3 Å². The molecular formula is C25H30N4O. The maximum atomic E-state index is 12.1. The summed E-state index contributed by atoms with van der Waals surface area (Å²) in [5.41, 5.74) is 4.22. The maximum Gasteiger partial charge on any atom is 0.246 e. The maximum absolute atomic E-state index is 12.1. The lowest BCUT2D eigenvalue weighted by molar-refractivity contribution is -0.116. The van der Waals surface area contributed by atoms with Crippen LogP contribution in [-0.4, -0.2) is 35.3 Å². The van der Waals surface area contributed by atoms with E-state index < -0.39 is 0 Å². The molecule has 2 N–H and O–H groups in total. The average molecular weight is 403 g/mol. The van der Waals surface area contributed by atoms with Gasteiger partial charge in [0.2, 0.25) is 5.91 Å². The minimum atomic E-state index is -0.211. The first-order chi connectivity index (χ1) is 14.7. The van der Waals surface area contributed by atoms with Crippen LogP contribution >= 0.6 is 0 Å². The predicted molar refractivity (Wildman–Crippen MR) is 122 cm³/mol. The Kier molecular flexibility index (Phi) is 5.19. The summed E-state index contributed by atoms with van der Waals surface area (Å²) in [4.78, 5) is 19.7. The first-order valence-electron chi connectivity index (χ1n) is 11.3. The van der Waals surface area contributed by atoms with Crippen molar-refractivity contribution in [3.8, 4) is 0 Å². The Hall–Kier alpha value is -2.82. The van der Waals surface area contributed by atoms with E-state index >= 15 is 0 Å². The van der Waals surface area contributed by atoms with Gasteiger partial charge < -0.3 is 15.5 Å². The third-order valence-electron chi connectivity index (χ3n) is 6.79. The van der Waals surface area contributed by atoms with Crippen molar-refractivity contribution in [3.63, 3.8) is 0 Å². The van der Waals surface area contributed by atoms with Crippen molar-refractivity contribution in [1.82, 2.24) is 4.90 Å². The van der Waals surface area contributed by atoms with Crippen molar-refractivity contribution in [1.29, 1.82) is 0 Å². The first-order valence-corrected chi connectivity index (χ1v) is 11.3. The van der Waals surface area contributed by atoms with E-state index in [9.17, 15) is 4.79 Å². The van der Waals surface area contributed by atoms with Crippen LogP contribution in [0.2, 0.25) is 0 Å². The summed E-state index contributed by atoms with van der Waals surface area (Å²) in [6.45, 7) is 3.62. The molecule has 156 valence electrons. The van der Waals surface area contributed by atoms with Crippen molar-refractivity contribution in [2.24, 2.45) is 10.9 Å². The first kappa shape index (κ1) is 19.2. The second-order valence-electron chi connectivity index (χ2n) is 8.86. The Morgan fingerprint density at radius 2 is 1.83 bits per heavy atom. The summed E-state index contributed by atoms with van der Waals surface area (Å²) < 4.78 is 0. The van der Waals surface area contributed by atoms with Crippen LogP contribution in [0.1, 0.15) is 50.2 Å². The molecule has 30 heavy (non-hydrogen) atoms. The van der Waals surface area contributed by atoms with E-state index in [0.717, 1.165) is 35.9 Å². The Morgan fingerprint density at radius 3 is 2.63 bits per heavy atom. The number of aliphatic imine (C=N–C) groups is 1. The highest BCUT2D eigenvalue weighted by Gasteiger charge is 2.35. The van der Waals surface area contributed by atoms with Crippen LogP contribution in [0.5, 0.6) is 0 Å². The second-order valence-corrected chi connectivity index (χ2v) is 8.86. The molecule has 0 radical (unpaired) electrons. The summed E-state index contributed by atoms with van der Waals surface area (Å²) in [5, 5.41) is 6.31. The normalized spacial score (nSPS) is 24.1. The molecule has 2 aromatic carbocycles. The number of nitrogens with zero attached hydrogens (tertiary/aromatic N) is 2. The molecular weight excluding hydrogens is 372 g/mol. The number of hydrogen-bond donors (Lipinski definition) is 2. The van der Waals surface area contributed by atoms with Gasteiger partial charge in [-0.15, -0.1) is 0 Å². The van der Waals surface area contributed by atoms with Gasteiger partial charge in [0.15, 0.2) is 0 Å². The van der Waals surface area contributed by atoms with Crippen molar-refractivity contribution in [2.45, 2.75) is 57.7 Å². The minimum Gasteiger partial charge on any atom is -0.372 e. The molecule has 0 spiro atoms. The van der Waals surface area contributed by atoms with Gasteiger partial charge in [0.25, 0.3) is 0 Å². The number of carbonyl (C=O) groups excluding carboxylic acids is 1. The summed E-state index contributed by atoms with van der Waals surface area (Å²) in [7, 11) is 0. The average Bonchev–Trinajstić information content (AvgIpc) is 3.19. The summed E-state index contributed by atoms with van der Waals surface area (Å²) >= 11 is 0. The Labute approximate surface area is 178 Å². The van der Waals surface area contributed by atoms with Gasteiger partial charge >= 0.3 is 0 Å². The quantitative estimate of drug-likeness (QED) is 0.783. The highest BCUT2D eigenvalue weighted by Crippen LogP contribution is 2.35. The number of anilines is 2. The molecule has 5 nitrogen and oxygen atoms in total. The van der Waals surface area contributed by atoms with Gasteiger partial charge in [-0.3, -0.25) is 9.79 Å². The number of fused-ring (bicyclic) bond motifs is 1. The van der Waals surface area contributed by atoms with Gasteiger partial charge in [0.05, 0.1) is 24.0 Å². The summed E-state index contributed by atoms with van der Waals surface area (Å²) in [6, 6.07) is 17.2. The molecule has 2 aliphatic heterocycles. The zero-order valence-corrected chi connectivity index (χ0v) is 17.6. The molecule has 5 rings (SSSR count). The van der Waals surface area contributed by atoms with Gasteiger partial charge in [0.1, 0.15) is 11.9 Å². The molecule has 1 saturated carbocycles. The molecule has 1 amide bonds. The molecule has 3 aliphatic rings. The number of rotatable bonds is 4. The van der Waals surface area contributed by atoms with E-state index in [1.54, 1.807) is 0 Å². The van der Waals surface area contributed by atoms with Gasteiger partial charge in [-0.1, -0.05) is 49.6 Å². The molecule has 0 bridgehead atoms. The number of carbonyl (C=O) groups is 1. The van der Waals surface area contributed by atoms with Gasteiger partial charge in [-0.2, -0.15) is 0 Å². The van der Waals surface area contributed by atoms with Crippen LogP contribution in [0.15, 0.2) is 53.5 Å². The predicted octanol–water partition coefficient (Wildman–Crippen LogP) is 4.65. The van der Waals surface area contributed by atoms with Crippen molar-refractivity contribution in [3.05, 3.63) is 59.7 Å². The number of nitrogens with one attached hydrogen (secondary N) is 2. The van der Waals surface area contributed by atoms with E-state index in [4.69, 9.17) is 4.99 Å². The smallest absolute Gasteiger partial charge is 0.246 e. The fraction of sp³-hybridized carbons (Fsp3) is 0.440. The Balaban J connectivity index is 1.45. The monoisotopic (exact) mass is 402 g/mol. The lowest BCUT2D eigenvalue weighted by Crippen LogP contribution is -2.42. The van der Waals surface area contributed by atoms with E-state index in [1.807, 2.05) is 6.92 Å². The van der Waals surface area contributed by atoms with Crippen LogP contribution in [0.3, 0.4) is 0 Å². The number of benzene rings is 2. The topological polar surface area (TPSA) is 56.7 Å². The van der Waals surface area contributed by atoms with Gasteiger partial charge in [-0.25, -0.2) is 0 Å². The highest BCUT2D eigenvalue weighted by atomic mass is 16.2. The third-order valence-corrected chi connectivity index (χ3v) is 6.79. The van der Waals surface area contributed by atoms with Crippen LogP contribution in [0.25, 0.3) is 0 Å². The van der Waals surface area contributed by atoms with Crippen molar-refractivity contribution in [2.75, 3.05) is 17.2 Å². The van der Waals surface area contributed by atoms with Gasteiger partial charge in [-0.05, 0) is 49.4 Å². The van der Waals surface area contributed by atoms with E-state index in [0.29, 0.717) is 12.0 Å². The van der Waals surface area contributed by atoms with Crippen LogP contribution in [0.4, 0.5) is 11.4 Å². The fourth-order valence-electron chi connectivity index (χ4n) is 5.13. The molecule has 2 unspecified atom stereocenters. The van der Waals surface area contributed by atoms with Crippen molar-refractivity contribution < 1.29 is 4.79 Å². The van der Waals surface area contributed by atoms with Crippen LogP contribution < -0.4 is 10.6 Å². The SMILES string of the molecule is CC1Nc2ccc(C3=NCC(C4CCCCC4)N3Cc3ccccc3)cc2NC1=O. The molecule has 5 heteroatoms. The fourth-order valence-corrected chi connectivity index (χ4v) is 5.13. The van der Waals surface area contributed by atoms with E-state index in [1.165, 1.54) is 37.7 Å². The molecule has 2 atom stereocenters. The zero-order valence-electron chi connectivity index (χ0n) is 17.6. The lowest BCUT2D eigenvalue weighted by atomic mass is 9.83. The third kappa shape index (κ3) is 3.69. The largest absolute Gasteiger partial charge is 0.372 e. The number of hydrogen-bond acceptors (Lipinski definition) is 4. The molecule has 1 aliphatic carbocycles. The van der Waals surface area contributed by atoms with E-state index in [-0.39, 0.29) is 11.9 Å². The number of amidine groups is 1. The van der Waals surface area contributed by atoms with Crippen LogP contribution in [0, 0.1) is 5.92 Å². The van der Waals surface area contributed by atoms with Crippen molar-refractivity contribution >= 4 is 23.1 Å². The number of amides is 1. The summed E-state index contributed by atoms with van der Waals surface area (Å²) in [5.74, 6) is 1.78. The molecule has 1 fully saturated rings. The molecule has 0 saturated heterocycles. The standard InChI is InChI=1S/C25H30N4O/c1-17-25(30)28-22-14-20(12-13-21(22)27-17)24-26-15-23(19-10-6-3-7-11-19)29(24)16-18-8-4-2-5-9-18/h2,4-5,8-9,12-14,17,19,23,27H,3,6-7,10-11,15-16H2,1H3,(H,28,30). The minimum absolute atomic E-state index is 0.00855. The molecule has 2 heterocycles. The van der Waals surface area contributed by atoms with E-state index in [2.05, 4.69) is 64.1 Å². The molecule has 2 aromatic rings. The molecule has 0 aromatic heterocycles. The second kappa shape index (κ2) is 8.13. The zero-order chi connectivity index (χ0) is 20.5. The Morgan fingerprint density at radius 1 is 1.03 bits per heavy atom. The highest BCUT2D eigenvalue weighted by molar-refractivity contribution is 6.06. The Bertz CT molecular complexity index is 949. The summed E-state index contributed by atoms with van der Waals surface area (Å²) in [6.07, 6.45) is 6.65. The lowest BCUT2D eigenvalue weighted by Gasteiger charge is -2.36.